The van der Waals surface area contributed by atoms with Crippen LogP contribution in [0.25, 0.3) is 17.0 Å². The van der Waals surface area contributed by atoms with Crippen LogP contribution in [0.3, 0.4) is 0 Å². The second-order valence-corrected chi connectivity index (χ2v) is 9.68. The highest BCUT2D eigenvalue weighted by molar-refractivity contribution is 7.92. The smallest absolute Gasteiger partial charge is 0.266 e. The molecule has 4 rings (SSSR count). The van der Waals surface area contributed by atoms with Crippen molar-refractivity contribution in [2.45, 2.75) is 25.3 Å². The predicted octanol–water partition coefficient (Wildman–Crippen LogP) is 4.56. The van der Waals surface area contributed by atoms with Crippen molar-refractivity contribution in [2.24, 2.45) is 5.92 Å². The Balaban J connectivity index is 1.71. The van der Waals surface area contributed by atoms with E-state index < -0.39 is 10.0 Å². The molecule has 0 unspecified atom stereocenters. The number of aromatic nitrogens is 3. The maximum absolute atomic E-state index is 13.3. The highest BCUT2D eigenvalue weighted by Crippen LogP contribution is 2.36. The lowest BCUT2D eigenvalue weighted by molar-refractivity contribution is 0.403. The standard InChI is InChI=1S/C24H26N4O5S/c1-16(2)6-7-17-8-9-19(31-3)22(14-17)34(29,30)27-24-23-20(32-4)12-18(13-21(23)33-26-24)15-28-11-5-10-25-28/h5-14,16H,15H2,1-4H3,(H,26,27)/b7-6+. The fraction of sp³-hybridized carbons (Fsp3) is 0.250. The van der Waals surface area contributed by atoms with Gasteiger partial charge in [0.2, 0.25) is 0 Å². The molecule has 2 aromatic heterocycles. The minimum Gasteiger partial charge on any atom is -0.496 e. The number of allylic oxidation sites excluding steroid dienone is 1. The van der Waals surface area contributed by atoms with Crippen molar-refractivity contribution < 1.29 is 22.4 Å². The average Bonchev–Trinajstić information content (AvgIpc) is 3.47. The summed E-state index contributed by atoms with van der Waals surface area (Å²) in [5, 5.41) is 8.59. The van der Waals surface area contributed by atoms with Crippen molar-refractivity contribution in [3.8, 4) is 11.5 Å². The highest BCUT2D eigenvalue weighted by Gasteiger charge is 2.25. The molecule has 2 aromatic carbocycles. The van der Waals surface area contributed by atoms with Crippen molar-refractivity contribution in [1.29, 1.82) is 0 Å². The van der Waals surface area contributed by atoms with Crippen LogP contribution in [0.2, 0.25) is 0 Å². The number of nitrogens with one attached hydrogen (secondary N) is 1. The van der Waals surface area contributed by atoms with Gasteiger partial charge in [-0.15, -0.1) is 0 Å². The molecule has 34 heavy (non-hydrogen) atoms. The molecule has 0 atom stereocenters. The van der Waals surface area contributed by atoms with Crippen LogP contribution in [0.5, 0.6) is 11.5 Å². The largest absolute Gasteiger partial charge is 0.496 e. The van der Waals surface area contributed by atoms with E-state index in [1.165, 1.54) is 14.2 Å². The first-order chi connectivity index (χ1) is 16.3. The Labute approximate surface area is 198 Å². The second kappa shape index (κ2) is 9.60. The van der Waals surface area contributed by atoms with Crippen molar-refractivity contribution in [3.63, 3.8) is 0 Å². The van der Waals surface area contributed by atoms with Gasteiger partial charge in [0.1, 0.15) is 21.8 Å². The van der Waals surface area contributed by atoms with E-state index in [2.05, 4.69) is 15.0 Å². The second-order valence-electron chi connectivity index (χ2n) is 8.02. The molecular weight excluding hydrogens is 456 g/mol. The predicted molar refractivity (Wildman–Crippen MR) is 130 cm³/mol. The molecule has 0 bridgehead atoms. The Bertz CT molecular complexity index is 1420. The molecule has 10 heteroatoms. The van der Waals surface area contributed by atoms with Crippen molar-refractivity contribution >= 4 is 32.9 Å². The molecule has 0 aliphatic rings. The number of benzene rings is 2. The van der Waals surface area contributed by atoms with Gasteiger partial charge in [0.15, 0.2) is 11.4 Å². The molecule has 4 aromatic rings. The van der Waals surface area contributed by atoms with E-state index >= 15 is 0 Å². The molecule has 0 aliphatic carbocycles. The third-order valence-corrected chi connectivity index (χ3v) is 6.46. The van der Waals surface area contributed by atoms with Gasteiger partial charge in [-0.25, -0.2) is 8.42 Å². The average molecular weight is 483 g/mol. The molecule has 0 spiro atoms. The number of nitrogens with zero attached hydrogens (tertiary/aromatic N) is 3. The first-order valence-electron chi connectivity index (χ1n) is 10.6. The molecular formula is C24H26N4O5S. The van der Waals surface area contributed by atoms with E-state index in [-0.39, 0.29) is 16.5 Å². The summed E-state index contributed by atoms with van der Waals surface area (Å²) in [4.78, 5) is -0.00803. The Morgan fingerprint density at radius 3 is 2.62 bits per heavy atom. The molecule has 178 valence electrons. The zero-order valence-corrected chi connectivity index (χ0v) is 20.2. The van der Waals surface area contributed by atoms with Crippen molar-refractivity contribution in [3.05, 3.63) is 66.0 Å². The third-order valence-electron chi connectivity index (χ3n) is 5.10. The summed E-state index contributed by atoms with van der Waals surface area (Å²) in [6.07, 6.45) is 7.40. The van der Waals surface area contributed by atoms with Gasteiger partial charge in [-0.2, -0.15) is 5.10 Å². The normalized spacial score (nSPS) is 12.0. The Hall–Kier alpha value is -3.79. The Morgan fingerprint density at radius 1 is 1.15 bits per heavy atom. The molecule has 0 aliphatic heterocycles. The van der Waals surface area contributed by atoms with Crippen LogP contribution in [0.15, 0.2) is 64.3 Å². The minimum absolute atomic E-state index is 0.00803. The number of hydrogen-bond donors (Lipinski definition) is 1. The number of anilines is 1. The van der Waals surface area contributed by atoms with Crippen LogP contribution in [0.4, 0.5) is 5.82 Å². The van der Waals surface area contributed by atoms with Crippen molar-refractivity contribution in [1.82, 2.24) is 14.9 Å². The Kier molecular flexibility index (Phi) is 6.60. The first-order valence-corrected chi connectivity index (χ1v) is 12.1. The molecule has 2 heterocycles. The van der Waals surface area contributed by atoms with E-state index in [1.807, 2.05) is 38.3 Å². The van der Waals surface area contributed by atoms with Crippen molar-refractivity contribution in [2.75, 3.05) is 18.9 Å². The van der Waals surface area contributed by atoms with Gasteiger partial charge in [-0.3, -0.25) is 9.40 Å². The molecule has 9 nitrogen and oxygen atoms in total. The molecule has 0 saturated carbocycles. The maximum Gasteiger partial charge on any atom is 0.266 e. The maximum atomic E-state index is 13.3. The van der Waals surface area contributed by atoms with Gasteiger partial charge in [0, 0.05) is 12.4 Å². The Morgan fingerprint density at radius 2 is 1.94 bits per heavy atom. The number of ether oxygens (including phenoxy) is 2. The van der Waals surface area contributed by atoms with Crippen LogP contribution in [-0.2, 0) is 16.6 Å². The topological polar surface area (TPSA) is 108 Å². The summed E-state index contributed by atoms with van der Waals surface area (Å²) in [6.45, 7) is 4.58. The summed E-state index contributed by atoms with van der Waals surface area (Å²) >= 11 is 0. The molecule has 0 fully saturated rings. The lowest BCUT2D eigenvalue weighted by Gasteiger charge is -2.12. The minimum atomic E-state index is -4.06. The molecule has 1 N–H and O–H groups in total. The van der Waals surface area contributed by atoms with Crippen LogP contribution < -0.4 is 14.2 Å². The van der Waals surface area contributed by atoms with E-state index in [1.54, 1.807) is 41.2 Å². The van der Waals surface area contributed by atoms with Gasteiger partial charge in [-0.05, 0) is 47.4 Å². The van der Waals surface area contributed by atoms with E-state index in [0.717, 1.165) is 11.1 Å². The van der Waals surface area contributed by atoms with Gasteiger partial charge in [-0.1, -0.05) is 37.2 Å². The SMILES string of the molecule is COc1ccc(/C=C/C(C)C)cc1S(=O)(=O)Nc1noc2cc(Cn3cccn3)cc(OC)c12. The van der Waals surface area contributed by atoms with Crippen LogP contribution in [0, 0.1) is 5.92 Å². The van der Waals surface area contributed by atoms with E-state index in [4.69, 9.17) is 14.0 Å². The summed E-state index contributed by atoms with van der Waals surface area (Å²) in [6, 6.07) is 10.4. The third kappa shape index (κ3) is 4.91. The van der Waals surface area contributed by atoms with Gasteiger partial charge >= 0.3 is 0 Å². The number of rotatable bonds is 9. The van der Waals surface area contributed by atoms with Crippen LogP contribution in [-0.4, -0.2) is 37.6 Å². The highest BCUT2D eigenvalue weighted by atomic mass is 32.2. The van der Waals surface area contributed by atoms with Gasteiger partial charge in [0.25, 0.3) is 10.0 Å². The summed E-state index contributed by atoms with van der Waals surface area (Å²) < 4.78 is 47.3. The molecule has 0 saturated heterocycles. The fourth-order valence-electron chi connectivity index (χ4n) is 3.49. The fourth-order valence-corrected chi connectivity index (χ4v) is 4.70. The summed E-state index contributed by atoms with van der Waals surface area (Å²) in [5.74, 6) is 1.00. The monoisotopic (exact) mass is 482 g/mol. The number of fused-ring (bicyclic) bond motifs is 1. The zero-order chi connectivity index (χ0) is 24.3. The van der Waals surface area contributed by atoms with Gasteiger partial charge in [0.05, 0.1) is 20.8 Å². The quantitative estimate of drug-likeness (QED) is 0.372. The van der Waals surface area contributed by atoms with Gasteiger partial charge < -0.3 is 14.0 Å². The molecule has 0 radical (unpaired) electrons. The van der Waals surface area contributed by atoms with Crippen LogP contribution >= 0.6 is 0 Å². The van der Waals surface area contributed by atoms with E-state index in [0.29, 0.717) is 29.2 Å². The number of hydrogen-bond acceptors (Lipinski definition) is 7. The number of sulfonamides is 1. The lowest BCUT2D eigenvalue weighted by Crippen LogP contribution is -2.15. The summed E-state index contributed by atoms with van der Waals surface area (Å²) in [7, 11) is -1.13. The molecule has 0 amide bonds. The van der Waals surface area contributed by atoms with E-state index in [9.17, 15) is 8.42 Å². The number of methoxy groups -OCH3 is 2. The zero-order valence-electron chi connectivity index (χ0n) is 19.3. The summed E-state index contributed by atoms with van der Waals surface area (Å²) in [5.41, 5.74) is 1.99. The van der Waals surface area contributed by atoms with Crippen LogP contribution in [0.1, 0.15) is 25.0 Å². The first kappa shape index (κ1) is 23.4. The lowest BCUT2D eigenvalue weighted by atomic mass is 10.1.